The predicted molar refractivity (Wildman–Crippen MR) is 80.9 cm³/mol. The first-order valence-corrected chi connectivity index (χ1v) is 7.57. The summed E-state index contributed by atoms with van der Waals surface area (Å²) in [4.78, 5) is 0. The van der Waals surface area contributed by atoms with E-state index in [0.717, 1.165) is 49.7 Å². The Balaban J connectivity index is 2.10. The molecule has 0 radical (unpaired) electrons. The van der Waals surface area contributed by atoms with Gasteiger partial charge in [0.25, 0.3) is 0 Å². The van der Waals surface area contributed by atoms with Gasteiger partial charge in [-0.25, -0.2) is 0 Å². The smallest absolute Gasteiger partial charge is 0.142 e. The summed E-state index contributed by atoms with van der Waals surface area (Å²) in [6, 6.07) is 6.40. The van der Waals surface area contributed by atoms with Crippen LogP contribution in [0.25, 0.3) is 0 Å². The Labute approximate surface area is 121 Å². The Kier molecular flexibility index (Phi) is 5.99. The van der Waals surface area contributed by atoms with Crippen molar-refractivity contribution in [3.05, 3.63) is 18.2 Å². The Morgan fingerprint density at radius 2 is 2.00 bits per heavy atom. The van der Waals surface area contributed by atoms with Crippen molar-refractivity contribution < 1.29 is 14.2 Å². The quantitative estimate of drug-likeness (QED) is 0.865. The van der Waals surface area contributed by atoms with Gasteiger partial charge in [-0.2, -0.15) is 0 Å². The molecular formula is C16H25NO3. The van der Waals surface area contributed by atoms with Crippen LogP contribution in [0.3, 0.4) is 0 Å². The van der Waals surface area contributed by atoms with Crippen molar-refractivity contribution in [3.8, 4) is 11.5 Å². The molecule has 0 bridgehead atoms. The van der Waals surface area contributed by atoms with Crippen LogP contribution in [0.15, 0.2) is 18.2 Å². The Morgan fingerprint density at radius 3 is 2.80 bits per heavy atom. The lowest BCUT2D eigenvalue weighted by atomic mass is 10.1. The molecule has 2 rings (SSSR count). The van der Waals surface area contributed by atoms with E-state index in [1.807, 2.05) is 32.0 Å². The molecule has 1 aliphatic rings. The second kappa shape index (κ2) is 8.00. The molecule has 0 aliphatic carbocycles. The zero-order valence-electron chi connectivity index (χ0n) is 12.5. The molecule has 1 aliphatic heterocycles. The van der Waals surface area contributed by atoms with Crippen molar-refractivity contribution in [3.63, 3.8) is 0 Å². The maximum absolute atomic E-state index is 5.69. The molecule has 1 aromatic carbocycles. The van der Waals surface area contributed by atoms with Crippen molar-refractivity contribution in [1.29, 1.82) is 0 Å². The third-order valence-electron chi connectivity index (χ3n) is 3.37. The summed E-state index contributed by atoms with van der Waals surface area (Å²) in [5.74, 6) is 1.77. The topological polar surface area (TPSA) is 39.7 Å². The lowest BCUT2D eigenvalue weighted by Crippen LogP contribution is -2.20. The number of rotatable bonds is 6. The van der Waals surface area contributed by atoms with Gasteiger partial charge in [-0.3, -0.25) is 0 Å². The number of nitrogens with one attached hydrogen (secondary N) is 1. The van der Waals surface area contributed by atoms with Crippen LogP contribution in [-0.4, -0.2) is 32.5 Å². The molecule has 1 aromatic rings. The minimum atomic E-state index is 0.439. The monoisotopic (exact) mass is 279 g/mol. The van der Waals surface area contributed by atoms with Gasteiger partial charge >= 0.3 is 0 Å². The maximum Gasteiger partial charge on any atom is 0.142 e. The number of hydrogen-bond acceptors (Lipinski definition) is 4. The molecule has 1 N–H and O–H groups in total. The average Bonchev–Trinajstić information content (AvgIpc) is 2.71. The fraction of sp³-hybridized carbons (Fsp3) is 0.625. The average molecular weight is 279 g/mol. The van der Waals surface area contributed by atoms with E-state index in [9.17, 15) is 0 Å². The van der Waals surface area contributed by atoms with E-state index in [1.165, 1.54) is 0 Å². The second-order valence-corrected chi connectivity index (χ2v) is 4.91. The van der Waals surface area contributed by atoms with Gasteiger partial charge in [0.1, 0.15) is 11.5 Å². The van der Waals surface area contributed by atoms with Gasteiger partial charge in [-0.05, 0) is 45.2 Å². The molecule has 0 saturated carbocycles. The lowest BCUT2D eigenvalue weighted by molar-refractivity contribution is 0.144. The highest BCUT2D eigenvalue weighted by molar-refractivity contribution is 5.60. The predicted octanol–water partition coefficient (Wildman–Crippen LogP) is 3.47. The Hall–Kier alpha value is -1.42. The van der Waals surface area contributed by atoms with Gasteiger partial charge in [0.05, 0.1) is 18.9 Å². The van der Waals surface area contributed by atoms with Gasteiger partial charge in [0.15, 0.2) is 0 Å². The van der Waals surface area contributed by atoms with E-state index in [0.29, 0.717) is 19.3 Å². The van der Waals surface area contributed by atoms with E-state index in [4.69, 9.17) is 14.2 Å². The molecule has 1 atom stereocenters. The van der Waals surface area contributed by atoms with E-state index in [-0.39, 0.29) is 0 Å². The zero-order chi connectivity index (χ0) is 14.2. The van der Waals surface area contributed by atoms with Crippen LogP contribution in [0.2, 0.25) is 0 Å². The highest BCUT2D eigenvalue weighted by atomic mass is 16.5. The van der Waals surface area contributed by atoms with Crippen LogP contribution in [0.1, 0.15) is 33.1 Å². The third kappa shape index (κ3) is 4.30. The van der Waals surface area contributed by atoms with E-state index in [2.05, 4.69) is 5.32 Å². The number of anilines is 1. The van der Waals surface area contributed by atoms with Crippen LogP contribution in [0, 0.1) is 0 Å². The molecule has 0 aromatic heterocycles. The summed E-state index contributed by atoms with van der Waals surface area (Å²) >= 11 is 0. The largest absolute Gasteiger partial charge is 0.494 e. The molecular weight excluding hydrogens is 254 g/mol. The summed E-state index contributed by atoms with van der Waals surface area (Å²) in [7, 11) is 0. The molecule has 4 nitrogen and oxygen atoms in total. The van der Waals surface area contributed by atoms with Crippen LogP contribution in [0.5, 0.6) is 11.5 Å². The summed E-state index contributed by atoms with van der Waals surface area (Å²) in [5, 5.41) is 3.59. The Bertz CT molecular complexity index is 401. The van der Waals surface area contributed by atoms with E-state index in [1.54, 1.807) is 0 Å². The SMILES string of the molecule is CCOc1ccc(OCC)c(NC2CCCOCC2)c1. The highest BCUT2D eigenvalue weighted by Gasteiger charge is 2.15. The molecule has 1 saturated heterocycles. The summed E-state index contributed by atoms with van der Waals surface area (Å²) in [6.45, 7) is 7.02. The van der Waals surface area contributed by atoms with Crippen LogP contribution in [-0.2, 0) is 4.74 Å². The lowest BCUT2D eigenvalue weighted by Gasteiger charge is -2.20. The van der Waals surface area contributed by atoms with Crippen molar-refractivity contribution in [1.82, 2.24) is 0 Å². The van der Waals surface area contributed by atoms with Crippen molar-refractivity contribution in [2.75, 3.05) is 31.7 Å². The third-order valence-corrected chi connectivity index (χ3v) is 3.37. The Morgan fingerprint density at radius 1 is 1.15 bits per heavy atom. The number of benzene rings is 1. The zero-order valence-corrected chi connectivity index (χ0v) is 12.5. The van der Waals surface area contributed by atoms with Crippen molar-refractivity contribution >= 4 is 5.69 Å². The molecule has 20 heavy (non-hydrogen) atoms. The van der Waals surface area contributed by atoms with Gasteiger partial charge in [-0.15, -0.1) is 0 Å². The summed E-state index contributed by atoms with van der Waals surface area (Å²) < 4.78 is 16.8. The first-order valence-electron chi connectivity index (χ1n) is 7.57. The second-order valence-electron chi connectivity index (χ2n) is 4.91. The standard InChI is InChI=1S/C16H25NO3/c1-3-19-14-7-8-16(20-4-2)15(12-14)17-13-6-5-10-18-11-9-13/h7-8,12-13,17H,3-6,9-11H2,1-2H3. The van der Waals surface area contributed by atoms with Gasteiger partial charge in [0, 0.05) is 25.3 Å². The highest BCUT2D eigenvalue weighted by Crippen LogP contribution is 2.31. The number of hydrogen-bond donors (Lipinski definition) is 1. The maximum atomic E-state index is 5.69. The van der Waals surface area contributed by atoms with Crippen molar-refractivity contribution in [2.45, 2.75) is 39.2 Å². The van der Waals surface area contributed by atoms with Gasteiger partial charge in [0.2, 0.25) is 0 Å². The molecule has 1 unspecified atom stereocenters. The first-order chi connectivity index (χ1) is 9.83. The van der Waals surface area contributed by atoms with Crippen LogP contribution >= 0.6 is 0 Å². The summed E-state index contributed by atoms with van der Waals surface area (Å²) in [5.41, 5.74) is 1.02. The number of ether oxygens (including phenoxy) is 3. The van der Waals surface area contributed by atoms with E-state index >= 15 is 0 Å². The van der Waals surface area contributed by atoms with Crippen LogP contribution < -0.4 is 14.8 Å². The molecule has 112 valence electrons. The van der Waals surface area contributed by atoms with Crippen LogP contribution in [0.4, 0.5) is 5.69 Å². The minimum absolute atomic E-state index is 0.439. The molecule has 1 heterocycles. The fourth-order valence-corrected chi connectivity index (χ4v) is 2.43. The molecule has 1 fully saturated rings. The minimum Gasteiger partial charge on any atom is -0.494 e. The normalized spacial score (nSPS) is 19.2. The first kappa shape index (κ1) is 15.0. The summed E-state index contributed by atoms with van der Waals surface area (Å²) in [6.07, 6.45) is 3.27. The molecule has 0 amide bonds. The van der Waals surface area contributed by atoms with Gasteiger partial charge in [-0.1, -0.05) is 0 Å². The van der Waals surface area contributed by atoms with E-state index < -0.39 is 0 Å². The fourth-order valence-electron chi connectivity index (χ4n) is 2.43. The molecule has 4 heteroatoms. The van der Waals surface area contributed by atoms with Crippen molar-refractivity contribution in [2.24, 2.45) is 0 Å². The molecule has 0 spiro atoms. The van der Waals surface area contributed by atoms with Gasteiger partial charge < -0.3 is 19.5 Å².